The number of aromatic nitrogens is 6. The van der Waals surface area contributed by atoms with Gasteiger partial charge in [-0.25, -0.2) is 13.8 Å². The normalized spacial score (nSPS) is 11.1. The van der Waals surface area contributed by atoms with E-state index in [1.54, 1.807) is 38.7 Å². The van der Waals surface area contributed by atoms with Crippen molar-refractivity contribution in [3.8, 4) is 68.0 Å². The molecule has 0 unspecified atom stereocenters. The lowest BCUT2D eigenvalue weighted by Gasteiger charge is -2.09. The molecule has 0 amide bonds. The zero-order valence-corrected chi connectivity index (χ0v) is 31.8. The molecular weight excluding hydrogens is 755 g/mol. The molecular formula is C46H32ClFN6O4. The number of nitrogens with zero attached hydrogens (tertiary/aromatic N) is 6. The topological polar surface area (TPSA) is 106 Å². The van der Waals surface area contributed by atoms with Crippen LogP contribution in [0.4, 0.5) is 4.39 Å². The number of hydrogen-bond acceptors (Lipinski definition) is 8. The number of ether oxygens (including phenoxy) is 2. The van der Waals surface area contributed by atoms with E-state index in [0.29, 0.717) is 10.8 Å². The maximum Gasteiger partial charge on any atom is 0.174 e. The Morgan fingerprint density at radius 2 is 0.914 bits per heavy atom. The molecule has 0 fully saturated rings. The largest absolute Gasteiger partial charge is 0.497 e. The maximum absolute atomic E-state index is 13.3. The first kappa shape index (κ1) is 36.2. The molecule has 10 rings (SSSR count). The minimum Gasteiger partial charge on any atom is -0.497 e. The van der Waals surface area contributed by atoms with Gasteiger partial charge in [0.25, 0.3) is 0 Å². The van der Waals surface area contributed by atoms with E-state index in [1.165, 1.54) is 12.1 Å². The lowest BCUT2D eigenvalue weighted by molar-refractivity contribution is 0.414. The number of methoxy groups -OCH3 is 2. The summed E-state index contributed by atoms with van der Waals surface area (Å²) >= 11 is 6.00. The van der Waals surface area contributed by atoms with Crippen LogP contribution < -0.4 is 9.47 Å². The van der Waals surface area contributed by atoms with Crippen molar-refractivity contribution in [1.29, 1.82) is 0 Å². The molecule has 0 saturated heterocycles. The van der Waals surface area contributed by atoms with Crippen molar-refractivity contribution in [2.75, 3.05) is 14.2 Å². The van der Waals surface area contributed by atoms with E-state index in [2.05, 4.69) is 26.6 Å². The average Bonchev–Trinajstić information content (AvgIpc) is 4.11. The minimum atomic E-state index is -0.292. The Labute approximate surface area is 336 Å². The average molecular weight is 787 g/mol. The van der Waals surface area contributed by atoms with Gasteiger partial charge in [-0.15, -0.1) is 0 Å². The summed E-state index contributed by atoms with van der Waals surface area (Å²) in [6.07, 6.45) is 3.55. The first-order valence-corrected chi connectivity index (χ1v) is 18.5. The van der Waals surface area contributed by atoms with Gasteiger partial charge in [0.15, 0.2) is 11.5 Å². The van der Waals surface area contributed by atoms with Crippen LogP contribution in [0.1, 0.15) is 0 Å². The zero-order valence-electron chi connectivity index (χ0n) is 31.1. The summed E-state index contributed by atoms with van der Waals surface area (Å²) in [5, 5.41) is 19.8. The Morgan fingerprint density at radius 3 is 1.38 bits per heavy atom. The predicted octanol–water partition coefficient (Wildman–Crippen LogP) is 11.5. The fourth-order valence-electron chi connectivity index (χ4n) is 6.72. The van der Waals surface area contributed by atoms with E-state index in [0.717, 1.165) is 84.1 Å². The standard InChI is InChI=1S/C24H19N3O3.C22H13ClFN3O/c1-28-19-8-3-16(4-9-19)24-21-15-17(5-12-22(21)26-30-24)23-13-14-25-27(23)18-6-10-20(29-2)11-7-18;23-16-4-8-18(9-5-16)27-21(11-12-25-27)15-3-10-20-19(13-15)22(28-26-20)14-1-6-17(24)7-2-14/h3-15H,1-2H3;1-13H. The quantitative estimate of drug-likeness (QED) is 0.150. The van der Waals surface area contributed by atoms with Crippen LogP contribution in [0.15, 0.2) is 167 Å². The van der Waals surface area contributed by atoms with E-state index in [4.69, 9.17) is 30.1 Å². The number of rotatable bonds is 8. The van der Waals surface area contributed by atoms with Crippen LogP contribution in [-0.2, 0) is 0 Å². The van der Waals surface area contributed by atoms with Gasteiger partial charge in [-0.1, -0.05) is 34.0 Å². The van der Waals surface area contributed by atoms with E-state index < -0.39 is 0 Å². The second-order valence-corrected chi connectivity index (χ2v) is 13.6. The van der Waals surface area contributed by atoms with E-state index in [1.807, 2.05) is 125 Å². The fraction of sp³-hybridized carbons (Fsp3) is 0.0435. The summed E-state index contributed by atoms with van der Waals surface area (Å²) < 4.78 is 38.7. The van der Waals surface area contributed by atoms with Crippen molar-refractivity contribution in [3.05, 3.63) is 169 Å². The van der Waals surface area contributed by atoms with E-state index >= 15 is 0 Å². The summed E-state index contributed by atoms with van der Waals surface area (Å²) in [7, 11) is 3.31. The molecule has 0 aliphatic heterocycles. The van der Waals surface area contributed by atoms with Gasteiger partial charge in [-0.3, -0.25) is 0 Å². The maximum atomic E-state index is 13.3. The van der Waals surface area contributed by atoms with Gasteiger partial charge < -0.3 is 18.5 Å². The third-order valence-electron chi connectivity index (χ3n) is 9.68. The molecule has 10 nitrogen and oxygen atoms in total. The molecule has 0 radical (unpaired) electrons. The highest BCUT2D eigenvalue weighted by atomic mass is 35.5. The third kappa shape index (κ3) is 7.06. The molecule has 58 heavy (non-hydrogen) atoms. The molecule has 0 aliphatic rings. The highest BCUT2D eigenvalue weighted by molar-refractivity contribution is 6.30. The Balaban J connectivity index is 0.000000151. The van der Waals surface area contributed by atoms with Gasteiger partial charge in [0.1, 0.15) is 28.3 Å². The number of fused-ring (bicyclic) bond motifs is 2. The van der Waals surface area contributed by atoms with Crippen LogP contribution in [-0.4, -0.2) is 44.1 Å². The molecule has 4 aromatic heterocycles. The van der Waals surface area contributed by atoms with Crippen LogP contribution in [0.3, 0.4) is 0 Å². The third-order valence-corrected chi connectivity index (χ3v) is 9.93. The molecule has 0 N–H and O–H groups in total. The van der Waals surface area contributed by atoms with Gasteiger partial charge in [-0.2, -0.15) is 10.2 Å². The molecule has 0 saturated carbocycles. The second kappa shape index (κ2) is 15.6. The lowest BCUT2D eigenvalue weighted by atomic mass is 10.0. The second-order valence-electron chi connectivity index (χ2n) is 13.2. The summed E-state index contributed by atoms with van der Waals surface area (Å²) in [5.41, 5.74) is 9.01. The summed E-state index contributed by atoms with van der Waals surface area (Å²) in [4.78, 5) is 0. The van der Waals surface area contributed by atoms with Crippen LogP contribution in [0.25, 0.3) is 78.3 Å². The first-order chi connectivity index (χ1) is 28.4. The summed E-state index contributed by atoms with van der Waals surface area (Å²) in [6.45, 7) is 0. The van der Waals surface area contributed by atoms with Gasteiger partial charge in [0.05, 0.1) is 60.1 Å². The monoisotopic (exact) mass is 786 g/mol. The molecule has 0 atom stereocenters. The van der Waals surface area contributed by atoms with Crippen LogP contribution in [0.5, 0.6) is 11.5 Å². The zero-order chi connectivity index (χ0) is 39.6. The van der Waals surface area contributed by atoms with Gasteiger partial charge in [0.2, 0.25) is 0 Å². The summed E-state index contributed by atoms with van der Waals surface area (Å²) in [5.74, 6) is 2.65. The van der Waals surface area contributed by atoms with Crippen molar-refractivity contribution in [2.24, 2.45) is 0 Å². The molecule has 284 valence electrons. The predicted molar refractivity (Wildman–Crippen MR) is 222 cm³/mol. The fourth-order valence-corrected chi connectivity index (χ4v) is 6.85. The SMILES string of the molecule is COc1ccc(-c2onc3ccc(-c4ccnn4-c4ccc(OC)cc4)cc23)cc1.Fc1ccc(-c2onc3ccc(-c4ccnn4-c4ccc(Cl)cc4)cc23)cc1. The van der Waals surface area contributed by atoms with Crippen molar-refractivity contribution in [2.45, 2.75) is 0 Å². The molecule has 4 heterocycles. The van der Waals surface area contributed by atoms with E-state index in [9.17, 15) is 4.39 Å². The van der Waals surface area contributed by atoms with E-state index in [-0.39, 0.29) is 5.82 Å². The Kier molecular flexibility index (Phi) is 9.70. The molecule has 6 aromatic carbocycles. The number of hydrogen-bond donors (Lipinski definition) is 0. The first-order valence-electron chi connectivity index (χ1n) is 18.1. The Hall–Kier alpha value is -7.50. The Morgan fingerprint density at radius 1 is 0.500 bits per heavy atom. The molecule has 0 spiro atoms. The number of benzene rings is 6. The van der Waals surface area contributed by atoms with Crippen LogP contribution in [0, 0.1) is 5.82 Å². The lowest BCUT2D eigenvalue weighted by Crippen LogP contribution is -1.98. The van der Waals surface area contributed by atoms with Crippen molar-refractivity contribution < 1.29 is 22.9 Å². The highest BCUT2D eigenvalue weighted by Gasteiger charge is 2.16. The van der Waals surface area contributed by atoms with Crippen molar-refractivity contribution in [1.82, 2.24) is 29.9 Å². The molecule has 12 heteroatoms. The molecule has 0 aliphatic carbocycles. The van der Waals surface area contributed by atoms with Crippen LogP contribution >= 0.6 is 11.6 Å². The van der Waals surface area contributed by atoms with Gasteiger partial charge in [-0.05, 0) is 133 Å². The van der Waals surface area contributed by atoms with Crippen molar-refractivity contribution in [3.63, 3.8) is 0 Å². The molecule has 0 bridgehead atoms. The van der Waals surface area contributed by atoms with Gasteiger partial charge >= 0.3 is 0 Å². The summed E-state index contributed by atoms with van der Waals surface area (Å²) in [6, 6.07) is 45.1. The Bertz CT molecular complexity index is 2990. The smallest absolute Gasteiger partial charge is 0.174 e. The van der Waals surface area contributed by atoms with Gasteiger partial charge in [0, 0.05) is 27.3 Å². The van der Waals surface area contributed by atoms with Crippen molar-refractivity contribution >= 4 is 33.4 Å². The molecule has 10 aromatic rings. The van der Waals surface area contributed by atoms with Crippen LogP contribution in [0.2, 0.25) is 5.02 Å². The minimum absolute atomic E-state index is 0.292. The highest BCUT2D eigenvalue weighted by Crippen LogP contribution is 2.35. The number of halogens is 2.